The molecule has 0 saturated carbocycles. The molecule has 0 bridgehead atoms. The molecule has 2 heterocycles. The zero-order chi connectivity index (χ0) is 12.8. The molecule has 2 rings (SSSR count). The molecule has 7 heteroatoms. The van der Waals surface area contributed by atoms with Crippen molar-refractivity contribution in [2.45, 2.75) is 18.9 Å². The summed E-state index contributed by atoms with van der Waals surface area (Å²) < 4.78 is 2.15. The third-order valence-corrected chi connectivity index (χ3v) is 3.06. The molecule has 0 aliphatic carbocycles. The smallest absolute Gasteiger partial charge is 0.346 e. The van der Waals surface area contributed by atoms with Gasteiger partial charge in [0.2, 0.25) is 5.82 Å². The van der Waals surface area contributed by atoms with Gasteiger partial charge < -0.3 is 10.0 Å². The Morgan fingerprint density at radius 3 is 2.53 bits per heavy atom. The number of aryl methyl sites for hydroxylation is 1. The van der Waals surface area contributed by atoms with Crippen LogP contribution in [-0.4, -0.2) is 38.1 Å². The van der Waals surface area contributed by atoms with E-state index in [-0.39, 0.29) is 5.82 Å². The van der Waals surface area contributed by atoms with Crippen molar-refractivity contribution in [2.75, 3.05) is 18.0 Å². The topological polar surface area (TPSA) is 80.4 Å². The fourth-order valence-corrected chi connectivity index (χ4v) is 2.01. The Morgan fingerprint density at radius 2 is 2.00 bits per heavy atom. The lowest BCUT2D eigenvalue weighted by atomic mass is 10.1. The second-order valence-corrected chi connectivity index (χ2v) is 4.76. The summed E-state index contributed by atoms with van der Waals surface area (Å²) in [4.78, 5) is 25.1. The predicted octanol–water partition coefficient (Wildman–Crippen LogP) is -1.56. The van der Waals surface area contributed by atoms with E-state index in [2.05, 4.69) is 5.10 Å². The van der Waals surface area contributed by atoms with Crippen molar-refractivity contribution < 1.29 is 5.11 Å². The van der Waals surface area contributed by atoms with Crippen LogP contribution in [-0.2, 0) is 14.1 Å². The van der Waals surface area contributed by atoms with E-state index in [1.165, 1.54) is 14.1 Å². The van der Waals surface area contributed by atoms with Gasteiger partial charge in [-0.3, -0.25) is 9.36 Å². The van der Waals surface area contributed by atoms with Gasteiger partial charge in [-0.05, 0) is 13.3 Å². The first-order chi connectivity index (χ1) is 7.82. The molecular formula is C10H16N4O3. The molecule has 1 unspecified atom stereocenters. The van der Waals surface area contributed by atoms with E-state index in [9.17, 15) is 14.7 Å². The van der Waals surface area contributed by atoms with Crippen LogP contribution >= 0.6 is 0 Å². The Hall–Kier alpha value is -1.63. The van der Waals surface area contributed by atoms with Crippen LogP contribution in [0.1, 0.15) is 13.3 Å². The van der Waals surface area contributed by atoms with E-state index in [1.54, 1.807) is 11.8 Å². The van der Waals surface area contributed by atoms with Crippen molar-refractivity contribution in [1.82, 2.24) is 14.3 Å². The van der Waals surface area contributed by atoms with Crippen molar-refractivity contribution in [3.63, 3.8) is 0 Å². The third-order valence-electron chi connectivity index (χ3n) is 3.06. The summed E-state index contributed by atoms with van der Waals surface area (Å²) in [5, 5.41) is 13.8. The zero-order valence-electron chi connectivity index (χ0n) is 10.2. The number of β-amino-alcohol motifs (C(OH)–C–C–N with tert-alkyl or cyclic N) is 1. The summed E-state index contributed by atoms with van der Waals surface area (Å²) in [7, 11) is 2.92. The van der Waals surface area contributed by atoms with Gasteiger partial charge in [-0.25, -0.2) is 9.48 Å². The van der Waals surface area contributed by atoms with E-state index in [0.717, 1.165) is 9.25 Å². The Bertz CT molecular complexity index is 558. The van der Waals surface area contributed by atoms with Crippen LogP contribution in [0, 0.1) is 0 Å². The number of hydrogen-bond donors (Lipinski definition) is 1. The number of nitrogens with zero attached hydrogens (tertiary/aromatic N) is 4. The molecule has 1 N–H and O–H groups in total. The lowest BCUT2D eigenvalue weighted by Crippen LogP contribution is -2.43. The van der Waals surface area contributed by atoms with Gasteiger partial charge in [0.1, 0.15) is 0 Å². The normalized spacial score (nSPS) is 24.4. The molecule has 17 heavy (non-hydrogen) atoms. The molecule has 94 valence electrons. The fourth-order valence-electron chi connectivity index (χ4n) is 2.01. The van der Waals surface area contributed by atoms with Crippen molar-refractivity contribution in [3.05, 3.63) is 20.8 Å². The summed E-state index contributed by atoms with van der Waals surface area (Å²) in [6.07, 6.45) is 0.584. The van der Waals surface area contributed by atoms with Crippen molar-refractivity contribution in [2.24, 2.45) is 14.1 Å². The second-order valence-electron chi connectivity index (χ2n) is 4.76. The Balaban J connectivity index is 2.48. The van der Waals surface area contributed by atoms with E-state index < -0.39 is 16.9 Å². The van der Waals surface area contributed by atoms with Gasteiger partial charge in [-0.2, -0.15) is 0 Å². The van der Waals surface area contributed by atoms with Gasteiger partial charge in [0.15, 0.2) is 0 Å². The first-order valence-electron chi connectivity index (χ1n) is 5.43. The van der Waals surface area contributed by atoms with Crippen LogP contribution in [0.2, 0.25) is 0 Å². The number of rotatable bonds is 1. The third kappa shape index (κ3) is 1.97. The average molecular weight is 240 g/mol. The highest BCUT2D eigenvalue weighted by molar-refractivity contribution is 5.37. The number of aromatic nitrogens is 3. The van der Waals surface area contributed by atoms with E-state index in [4.69, 9.17) is 0 Å². The predicted molar refractivity (Wildman–Crippen MR) is 62.2 cm³/mol. The minimum atomic E-state index is -0.804. The molecule has 0 radical (unpaired) electrons. The number of aliphatic hydroxyl groups is 1. The van der Waals surface area contributed by atoms with Crippen LogP contribution in [0.4, 0.5) is 5.82 Å². The van der Waals surface area contributed by atoms with Gasteiger partial charge in [-0.1, -0.05) is 0 Å². The lowest BCUT2D eigenvalue weighted by molar-refractivity contribution is 0.0838. The molecule has 1 aromatic rings. The minimum absolute atomic E-state index is 0.215. The van der Waals surface area contributed by atoms with Gasteiger partial charge in [0.25, 0.3) is 5.56 Å². The van der Waals surface area contributed by atoms with Crippen molar-refractivity contribution >= 4 is 5.82 Å². The Labute approximate surface area is 97.9 Å². The summed E-state index contributed by atoms with van der Waals surface area (Å²) in [6.45, 7) is 2.64. The molecule has 1 aliphatic heterocycles. The van der Waals surface area contributed by atoms with Crippen LogP contribution in [0.25, 0.3) is 0 Å². The van der Waals surface area contributed by atoms with Crippen LogP contribution in [0.15, 0.2) is 9.59 Å². The van der Waals surface area contributed by atoms with Gasteiger partial charge in [0.05, 0.1) is 5.60 Å². The maximum atomic E-state index is 11.9. The van der Waals surface area contributed by atoms with E-state index in [0.29, 0.717) is 19.5 Å². The summed E-state index contributed by atoms with van der Waals surface area (Å²) in [6, 6.07) is 0. The molecule has 0 amide bonds. The molecule has 0 spiro atoms. The van der Waals surface area contributed by atoms with Crippen LogP contribution in [0.5, 0.6) is 0 Å². The Kier molecular flexibility index (Phi) is 2.57. The van der Waals surface area contributed by atoms with E-state index in [1.807, 2.05) is 0 Å². The zero-order valence-corrected chi connectivity index (χ0v) is 10.2. The highest BCUT2D eigenvalue weighted by Gasteiger charge is 2.33. The SMILES string of the molecule is Cn1nc(N2CCC(C)(O)C2)c(=O)n(C)c1=O. The van der Waals surface area contributed by atoms with Crippen molar-refractivity contribution in [1.29, 1.82) is 0 Å². The second kappa shape index (κ2) is 3.69. The molecule has 1 saturated heterocycles. The highest BCUT2D eigenvalue weighted by atomic mass is 16.3. The molecular weight excluding hydrogens is 224 g/mol. The number of hydrogen-bond acceptors (Lipinski definition) is 5. The van der Waals surface area contributed by atoms with Gasteiger partial charge >= 0.3 is 5.69 Å². The Morgan fingerprint density at radius 1 is 1.35 bits per heavy atom. The van der Waals surface area contributed by atoms with E-state index >= 15 is 0 Å². The first kappa shape index (κ1) is 11.8. The molecule has 1 aromatic heterocycles. The summed E-state index contributed by atoms with van der Waals surface area (Å²) >= 11 is 0. The monoisotopic (exact) mass is 240 g/mol. The van der Waals surface area contributed by atoms with Crippen LogP contribution < -0.4 is 16.1 Å². The first-order valence-corrected chi connectivity index (χ1v) is 5.43. The fraction of sp³-hybridized carbons (Fsp3) is 0.700. The lowest BCUT2D eigenvalue weighted by Gasteiger charge is -2.19. The molecule has 1 atom stereocenters. The molecule has 7 nitrogen and oxygen atoms in total. The maximum absolute atomic E-state index is 11.9. The maximum Gasteiger partial charge on any atom is 0.346 e. The highest BCUT2D eigenvalue weighted by Crippen LogP contribution is 2.22. The summed E-state index contributed by atoms with van der Waals surface area (Å²) in [5.41, 5.74) is -1.68. The van der Waals surface area contributed by atoms with Gasteiger partial charge in [0, 0.05) is 27.2 Å². The average Bonchev–Trinajstić information content (AvgIpc) is 2.61. The molecule has 1 fully saturated rings. The molecule has 0 aromatic carbocycles. The molecule has 1 aliphatic rings. The largest absolute Gasteiger partial charge is 0.388 e. The standard InChI is InChI=1S/C10H16N4O3/c1-10(17)4-5-14(6-10)7-8(15)12(2)9(16)13(3)11-7/h17H,4-6H2,1-3H3. The van der Waals surface area contributed by atoms with Crippen LogP contribution in [0.3, 0.4) is 0 Å². The quantitative estimate of drug-likeness (QED) is 0.642. The minimum Gasteiger partial charge on any atom is -0.388 e. The van der Waals surface area contributed by atoms with Gasteiger partial charge in [-0.15, -0.1) is 5.10 Å². The number of anilines is 1. The van der Waals surface area contributed by atoms with Crippen molar-refractivity contribution in [3.8, 4) is 0 Å². The summed E-state index contributed by atoms with van der Waals surface area (Å²) in [5.74, 6) is 0.215.